The molecule has 3 rings (SSSR count). The van der Waals surface area contributed by atoms with Crippen LogP contribution in [0.4, 0.5) is 5.69 Å². The number of rotatable bonds is 3. The molecular formula is C14H11Cl2NO3. The van der Waals surface area contributed by atoms with Crippen molar-refractivity contribution in [3.8, 4) is 17.2 Å². The molecule has 0 fully saturated rings. The lowest BCUT2D eigenvalue weighted by Gasteiger charge is -2.10. The molecule has 2 N–H and O–H groups in total. The van der Waals surface area contributed by atoms with Crippen LogP contribution >= 0.6 is 23.2 Å². The predicted octanol–water partition coefficient (Wildman–Crippen LogP) is 4.04. The lowest BCUT2D eigenvalue weighted by atomic mass is 10.1. The molecule has 1 aliphatic heterocycles. The molecule has 0 radical (unpaired) electrons. The molecule has 0 saturated heterocycles. The molecule has 0 amide bonds. The first kappa shape index (κ1) is 13.2. The second-order valence-corrected chi connectivity index (χ2v) is 5.16. The van der Waals surface area contributed by atoms with Gasteiger partial charge in [0, 0.05) is 23.2 Å². The van der Waals surface area contributed by atoms with E-state index in [2.05, 4.69) is 5.32 Å². The van der Waals surface area contributed by atoms with Crippen LogP contribution in [0.5, 0.6) is 17.2 Å². The molecule has 0 atom stereocenters. The van der Waals surface area contributed by atoms with Gasteiger partial charge in [-0.2, -0.15) is 0 Å². The molecule has 0 bridgehead atoms. The lowest BCUT2D eigenvalue weighted by Crippen LogP contribution is -2.00. The van der Waals surface area contributed by atoms with Crippen LogP contribution in [0.2, 0.25) is 10.0 Å². The highest BCUT2D eigenvalue weighted by molar-refractivity contribution is 6.36. The van der Waals surface area contributed by atoms with E-state index < -0.39 is 0 Å². The normalized spacial score (nSPS) is 12.5. The molecule has 6 heteroatoms. The van der Waals surface area contributed by atoms with Crippen LogP contribution in [0, 0.1) is 0 Å². The van der Waals surface area contributed by atoms with Gasteiger partial charge in [-0.05, 0) is 24.3 Å². The molecule has 1 aliphatic rings. The summed E-state index contributed by atoms with van der Waals surface area (Å²) in [5, 5.41) is 14.2. The van der Waals surface area contributed by atoms with Gasteiger partial charge in [-0.3, -0.25) is 0 Å². The lowest BCUT2D eigenvalue weighted by molar-refractivity contribution is 0.174. The van der Waals surface area contributed by atoms with Crippen molar-refractivity contribution in [1.82, 2.24) is 0 Å². The average molecular weight is 312 g/mol. The van der Waals surface area contributed by atoms with Gasteiger partial charge in [0.25, 0.3) is 0 Å². The minimum absolute atomic E-state index is 0.145. The Kier molecular flexibility index (Phi) is 3.51. The van der Waals surface area contributed by atoms with Crippen LogP contribution < -0.4 is 14.8 Å². The molecule has 0 spiro atoms. The molecule has 0 aliphatic carbocycles. The van der Waals surface area contributed by atoms with E-state index in [4.69, 9.17) is 32.7 Å². The molecule has 2 aromatic carbocycles. The molecule has 4 nitrogen and oxygen atoms in total. The van der Waals surface area contributed by atoms with Crippen molar-refractivity contribution in [2.75, 3.05) is 12.1 Å². The molecule has 0 aromatic heterocycles. The molecular weight excluding hydrogens is 301 g/mol. The first-order chi connectivity index (χ1) is 9.63. The van der Waals surface area contributed by atoms with Crippen molar-refractivity contribution in [3.63, 3.8) is 0 Å². The first-order valence-electron chi connectivity index (χ1n) is 5.94. The van der Waals surface area contributed by atoms with E-state index in [0.717, 1.165) is 5.69 Å². The Hall–Kier alpha value is -1.78. The highest BCUT2D eigenvalue weighted by atomic mass is 35.5. The summed E-state index contributed by atoms with van der Waals surface area (Å²) in [6.45, 7) is 0.582. The van der Waals surface area contributed by atoms with Crippen LogP contribution in [0.3, 0.4) is 0 Å². The van der Waals surface area contributed by atoms with E-state index in [1.165, 1.54) is 0 Å². The number of nitrogens with one attached hydrogen (secondary N) is 1. The van der Waals surface area contributed by atoms with Crippen molar-refractivity contribution in [3.05, 3.63) is 45.9 Å². The second-order valence-electron chi connectivity index (χ2n) is 4.31. The van der Waals surface area contributed by atoms with E-state index in [-0.39, 0.29) is 12.5 Å². The number of anilines is 1. The molecule has 20 heavy (non-hydrogen) atoms. The number of halogens is 2. The van der Waals surface area contributed by atoms with Crippen LogP contribution in [-0.4, -0.2) is 11.9 Å². The van der Waals surface area contributed by atoms with Crippen LogP contribution in [0.25, 0.3) is 0 Å². The van der Waals surface area contributed by atoms with Crippen LogP contribution in [-0.2, 0) is 6.54 Å². The Morgan fingerprint density at radius 3 is 2.60 bits per heavy atom. The zero-order chi connectivity index (χ0) is 14.1. The summed E-state index contributed by atoms with van der Waals surface area (Å²) in [6.07, 6.45) is 0. The van der Waals surface area contributed by atoms with Crippen LogP contribution in [0.15, 0.2) is 30.3 Å². The van der Waals surface area contributed by atoms with Crippen molar-refractivity contribution in [1.29, 1.82) is 0 Å². The second kappa shape index (κ2) is 5.31. The van der Waals surface area contributed by atoms with Crippen molar-refractivity contribution in [2.45, 2.75) is 6.54 Å². The molecule has 0 saturated carbocycles. The highest BCUT2D eigenvalue weighted by Crippen LogP contribution is 2.38. The maximum absolute atomic E-state index is 9.94. The summed E-state index contributed by atoms with van der Waals surface area (Å²) in [4.78, 5) is 0. The van der Waals surface area contributed by atoms with Gasteiger partial charge in [0.05, 0.1) is 10.7 Å². The number of hydrogen-bond acceptors (Lipinski definition) is 4. The number of fused-ring (bicyclic) bond motifs is 1. The predicted molar refractivity (Wildman–Crippen MR) is 78.0 cm³/mol. The fourth-order valence-corrected chi connectivity index (χ4v) is 2.41. The number of hydrogen-bond donors (Lipinski definition) is 2. The Morgan fingerprint density at radius 2 is 1.85 bits per heavy atom. The number of aromatic hydroxyl groups is 1. The fourth-order valence-electron chi connectivity index (χ4n) is 1.94. The fraction of sp³-hybridized carbons (Fsp3) is 0.143. The highest BCUT2D eigenvalue weighted by Gasteiger charge is 2.16. The third-order valence-electron chi connectivity index (χ3n) is 2.97. The van der Waals surface area contributed by atoms with E-state index in [1.807, 2.05) is 0 Å². The standard InChI is InChI=1S/C14H11Cl2NO3/c15-9-1-2-11(10(16)4-9)17-6-8-3-13-14(5-12(8)18)20-7-19-13/h1-5,17-18H,6-7H2. The van der Waals surface area contributed by atoms with E-state index >= 15 is 0 Å². The van der Waals surface area contributed by atoms with Crippen molar-refractivity contribution < 1.29 is 14.6 Å². The molecule has 2 aromatic rings. The summed E-state index contributed by atoms with van der Waals surface area (Å²) in [6, 6.07) is 8.48. The number of phenols is 1. The Bertz CT molecular complexity index is 661. The first-order valence-corrected chi connectivity index (χ1v) is 6.69. The van der Waals surface area contributed by atoms with Gasteiger partial charge in [-0.1, -0.05) is 23.2 Å². The Labute approximate surface area is 125 Å². The quantitative estimate of drug-likeness (QED) is 0.898. The summed E-state index contributed by atoms with van der Waals surface area (Å²) in [5.74, 6) is 1.32. The van der Waals surface area contributed by atoms with Gasteiger partial charge in [0.15, 0.2) is 11.5 Å². The number of benzene rings is 2. The van der Waals surface area contributed by atoms with Crippen molar-refractivity contribution >= 4 is 28.9 Å². The largest absolute Gasteiger partial charge is 0.507 e. The number of ether oxygens (including phenoxy) is 2. The maximum Gasteiger partial charge on any atom is 0.231 e. The minimum atomic E-state index is 0.145. The SMILES string of the molecule is Oc1cc2c(cc1CNc1ccc(Cl)cc1Cl)OCO2. The van der Waals surface area contributed by atoms with Gasteiger partial charge >= 0.3 is 0 Å². The molecule has 104 valence electrons. The van der Waals surface area contributed by atoms with Gasteiger partial charge < -0.3 is 19.9 Å². The van der Waals surface area contributed by atoms with E-state index in [0.29, 0.717) is 33.7 Å². The van der Waals surface area contributed by atoms with Gasteiger partial charge in [-0.25, -0.2) is 0 Å². The average Bonchev–Trinajstić information content (AvgIpc) is 2.84. The zero-order valence-electron chi connectivity index (χ0n) is 10.3. The molecule has 0 unspecified atom stereocenters. The number of phenolic OH excluding ortho intramolecular Hbond substituents is 1. The smallest absolute Gasteiger partial charge is 0.231 e. The van der Waals surface area contributed by atoms with E-state index in [1.54, 1.807) is 30.3 Å². The van der Waals surface area contributed by atoms with Crippen LogP contribution in [0.1, 0.15) is 5.56 Å². The minimum Gasteiger partial charge on any atom is -0.507 e. The summed E-state index contributed by atoms with van der Waals surface area (Å²) in [7, 11) is 0. The third kappa shape index (κ3) is 2.57. The zero-order valence-corrected chi connectivity index (χ0v) is 11.8. The summed E-state index contributed by atoms with van der Waals surface area (Å²) in [5.41, 5.74) is 1.44. The monoisotopic (exact) mass is 311 g/mol. The summed E-state index contributed by atoms with van der Waals surface area (Å²) < 4.78 is 10.5. The molecule has 1 heterocycles. The van der Waals surface area contributed by atoms with Gasteiger partial charge in [-0.15, -0.1) is 0 Å². The maximum atomic E-state index is 9.94. The van der Waals surface area contributed by atoms with Crippen molar-refractivity contribution in [2.24, 2.45) is 0 Å². The summed E-state index contributed by atoms with van der Waals surface area (Å²) >= 11 is 11.9. The Morgan fingerprint density at radius 1 is 1.10 bits per heavy atom. The van der Waals surface area contributed by atoms with E-state index in [9.17, 15) is 5.11 Å². The third-order valence-corrected chi connectivity index (χ3v) is 3.52. The topological polar surface area (TPSA) is 50.7 Å². The van der Waals surface area contributed by atoms with Gasteiger partial charge in [0.1, 0.15) is 5.75 Å². The van der Waals surface area contributed by atoms with Gasteiger partial charge in [0.2, 0.25) is 6.79 Å². The Balaban J connectivity index is 1.78.